The van der Waals surface area contributed by atoms with Crippen molar-refractivity contribution in [3.8, 4) is 5.69 Å². The summed E-state index contributed by atoms with van der Waals surface area (Å²) in [7, 11) is -2.45. The van der Waals surface area contributed by atoms with E-state index >= 15 is 0 Å². The summed E-state index contributed by atoms with van der Waals surface area (Å²) >= 11 is 0. The monoisotopic (exact) mass is 468 g/mol. The van der Waals surface area contributed by atoms with E-state index in [1.165, 1.54) is 28.9 Å². The molecule has 0 radical (unpaired) electrons. The van der Waals surface area contributed by atoms with E-state index in [0.29, 0.717) is 28.2 Å². The predicted octanol–water partition coefficient (Wildman–Crippen LogP) is 3.48. The number of aryl methyl sites for hydroxylation is 2. The average molecular weight is 469 g/mol. The first-order chi connectivity index (χ1) is 15.5. The second-order valence-corrected chi connectivity index (χ2v) is 11.1. The van der Waals surface area contributed by atoms with Gasteiger partial charge in [-0.25, -0.2) is 13.4 Å². The molecule has 3 aromatic rings. The molecule has 2 unspecified atom stereocenters. The molecule has 0 bridgehead atoms. The summed E-state index contributed by atoms with van der Waals surface area (Å²) in [5.74, 6) is 0.804. The summed E-state index contributed by atoms with van der Waals surface area (Å²) in [5, 5.41) is 0.468. The van der Waals surface area contributed by atoms with Crippen molar-refractivity contribution in [1.82, 2.24) is 19.3 Å². The van der Waals surface area contributed by atoms with Gasteiger partial charge in [0, 0.05) is 7.05 Å². The van der Waals surface area contributed by atoms with Crippen molar-refractivity contribution in [1.29, 1.82) is 0 Å². The van der Waals surface area contributed by atoms with E-state index < -0.39 is 20.9 Å². The number of hydroxylamine groups is 1. The molecule has 33 heavy (non-hydrogen) atoms. The van der Waals surface area contributed by atoms with Gasteiger partial charge in [0.15, 0.2) is 4.87 Å². The van der Waals surface area contributed by atoms with Gasteiger partial charge in [-0.1, -0.05) is 29.8 Å². The zero-order chi connectivity index (χ0) is 24.1. The van der Waals surface area contributed by atoms with Crippen molar-refractivity contribution in [2.24, 2.45) is 0 Å². The van der Waals surface area contributed by atoms with E-state index in [-0.39, 0.29) is 5.56 Å². The maximum atomic E-state index is 13.6. The lowest BCUT2D eigenvalue weighted by Crippen LogP contribution is -2.51. The third kappa shape index (κ3) is 3.76. The van der Waals surface area contributed by atoms with Gasteiger partial charge in [-0.2, -0.15) is 4.31 Å². The Labute approximate surface area is 193 Å². The fraction of sp³-hybridized carbons (Fsp3) is 0.333. The smallest absolute Gasteiger partial charge is 0.266 e. The molecule has 0 saturated carbocycles. The molecule has 0 fully saturated rings. The Morgan fingerprint density at radius 3 is 2.48 bits per heavy atom. The number of hydrogen-bond donors (Lipinski definition) is 1. The minimum Gasteiger partial charge on any atom is -0.412 e. The van der Waals surface area contributed by atoms with E-state index in [0.717, 1.165) is 11.1 Å². The zero-order valence-electron chi connectivity index (χ0n) is 19.6. The maximum absolute atomic E-state index is 13.6. The topological polar surface area (TPSA) is 93.5 Å². The second-order valence-electron chi connectivity index (χ2n) is 8.68. The van der Waals surface area contributed by atoms with Crippen LogP contribution in [0.5, 0.6) is 0 Å². The molecule has 0 saturated heterocycles. The molecule has 2 heterocycles. The van der Waals surface area contributed by atoms with Crippen LogP contribution in [-0.4, -0.2) is 34.2 Å². The van der Waals surface area contributed by atoms with Crippen molar-refractivity contribution >= 4 is 20.9 Å². The number of aromatic nitrogens is 2. The molecule has 0 spiro atoms. The van der Waals surface area contributed by atoms with E-state index in [1.54, 1.807) is 38.1 Å². The van der Waals surface area contributed by atoms with Crippen molar-refractivity contribution in [3.63, 3.8) is 0 Å². The Morgan fingerprint density at radius 1 is 1.15 bits per heavy atom. The first-order valence-corrected chi connectivity index (χ1v) is 12.1. The van der Waals surface area contributed by atoms with Gasteiger partial charge in [-0.05, 0) is 64.5 Å². The molecule has 8 nitrogen and oxygen atoms in total. The molecule has 4 rings (SSSR count). The quantitative estimate of drug-likeness (QED) is 0.616. The summed E-state index contributed by atoms with van der Waals surface area (Å²) < 4.78 is 29.8. The summed E-state index contributed by atoms with van der Waals surface area (Å²) in [6.45, 7) is 8.85. The highest BCUT2D eigenvalue weighted by Gasteiger charge is 2.46. The zero-order valence-corrected chi connectivity index (χ0v) is 20.4. The molecule has 1 aromatic heterocycles. The van der Waals surface area contributed by atoms with Crippen LogP contribution in [0.4, 0.5) is 0 Å². The van der Waals surface area contributed by atoms with E-state index in [2.05, 4.69) is 5.48 Å². The van der Waals surface area contributed by atoms with Crippen molar-refractivity contribution < 1.29 is 13.3 Å². The Balaban J connectivity index is 1.94. The van der Waals surface area contributed by atoms with E-state index in [4.69, 9.17) is 9.82 Å². The van der Waals surface area contributed by atoms with Crippen LogP contribution >= 0.6 is 0 Å². The highest BCUT2D eigenvalue weighted by atomic mass is 32.2. The maximum Gasteiger partial charge on any atom is 0.266 e. The molecule has 2 atom stereocenters. The Kier molecular flexibility index (Phi) is 5.68. The van der Waals surface area contributed by atoms with Crippen LogP contribution in [0, 0.1) is 13.8 Å². The first kappa shape index (κ1) is 23.2. The van der Waals surface area contributed by atoms with E-state index in [9.17, 15) is 13.2 Å². The van der Waals surface area contributed by atoms with Crippen LogP contribution in [0.1, 0.15) is 43.8 Å². The number of hydrogen-bond acceptors (Lipinski definition) is 6. The van der Waals surface area contributed by atoms with Gasteiger partial charge in [-0.15, -0.1) is 5.48 Å². The van der Waals surface area contributed by atoms with Gasteiger partial charge >= 0.3 is 0 Å². The number of para-hydroxylation sites is 1. The molecular weight excluding hydrogens is 440 g/mol. The average Bonchev–Trinajstić information content (AvgIpc) is 3.13. The number of rotatable bonds is 5. The normalized spacial score (nSPS) is 19.5. The number of nitrogens with one attached hydrogen (secondary N) is 1. The summed E-state index contributed by atoms with van der Waals surface area (Å²) in [5.41, 5.74) is 5.50. The molecular formula is C24H28N4O4S. The van der Waals surface area contributed by atoms with Crippen molar-refractivity contribution in [3.05, 3.63) is 81.6 Å². The number of benzene rings is 2. The number of nitrogens with zero attached hydrogens (tertiary/aromatic N) is 3. The Bertz CT molecular complexity index is 1440. The van der Waals surface area contributed by atoms with Crippen LogP contribution in [0.2, 0.25) is 0 Å². The molecule has 0 amide bonds. The molecule has 1 aliphatic heterocycles. The predicted molar refractivity (Wildman–Crippen MR) is 128 cm³/mol. The number of allylic oxidation sites excluding steroid dienone is 1. The largest absolute Gasteiger partial charge is 0.412 e. The van der Waals surface area contributed by atoms with Crippen molar-refractivity contribution in [2.75, 3.05) is 7.05 Å². The Morgan fingerprint density at radius 2 is 1.85 bits per heavy atom. The van der Waals surface area contributed by atoms with Gasteiger partial charge in [-0.3, -0.25) is 9.36 Å². The third-order valence-corrected chi connectivity index (χ3v) is 8.47. The van der Waals surface area contributed by atoms with Gasteiger partial charge in [0.25, 0.3) is 5.56 Å². The van der Waals surface area contributed by atoms with Gasteiger partial charge in [0.05, 0.1) is 22.6 Å². The fourth-order valence-corrected chi connectivity index (χ4v) is 5.72. The van der Waals surface area contributed by atoms with Crippen LogP contribution in [0.3, 0.4) is 0 Å². The lowest BCUT2D eigenvalue weighted by molar-refractivity contribution is 0.108. The molecule has 174 valence electrons. The molecule has 1 N–H and O–H groups in total. The van der Waals surface area contributed by atoms with Crippen LogP contribution in [-0.2, 0) is 14.9 Å². The van der Waals surface area contributed by atoms with Crippen LogP contribution in [0.25, 0.3) is 16.6 Å². The van der Waals surface area contributed by atoms with E-state index in [1.807, 2.05) is 32.0 Å². The summed E-state index contributed by atoms with van der Waals surface area (Å²) in [6.07, 6.45) is 1.52. The summed E-state index contributed by atoms with van der Waals surface area (Å²) in [6, 6.07) is 12.1. The van der Waals surface area contributed by atoms with Crippen LogP contribution < -0.4 is 11.0 Å². The number of fused-ring (bicyclic) bond motifs is 1. The lowest BCUT2D eigenvalue weighted by atomic mass is 10.1. The molecule has 2 aromatic carbocycles. The highest BCUT2D eigenvalue weighted by molar-refractivity contribution is 7.90. The minimum absolute atomic E-state index is 0.246. The minimum atomic E-state index is -3.93. The highest BCUT2D eigenvalue weighted by Crippen LogP contribution is 2.32. The van der Waals surface area contributed by atoms with Gasteiger partial charge in [0.1, 0.15) is 11.6 Å². The molecule has 9 heteroatoms. The lowest BCUT2D eigenvalue weighted by Gasteiger charge is -2.32. The summed E-state index contributed by atoms with van der Waals surface area (Å²) in [4.78, 5) is 22.2. The second kappa shape index (κ2) is 8.09. The SMILES string of the molecule is CC1=CC(C)(S(=O)(=O)N(C)C(C)c2nc3ccccc3c(=O)n2-c2ccc(C)cc2C)NO1. The van der Waals surface area contributed by atoms with Gasteiger partial charge < -0.3 is 4.84 Å². The van der Waals surface area contributed by atoms with Crippen molar-refractivity contribution in [2.45, 2.75) is 45.5 Å². The van der Waals surface area contributed by atoms with Gasteiger partial charge in [0.2, 0.25) is 10.0 Å². The Hall–Kier alpha value is -3.01. The molecule has 0 aliphatic carbocycles. The molecule has 1 aliphatic rings. The first-order valence-electron chi connectivity index (χ1n) is 10.7. The number of sulfonamides is 1. The third-order valence-electron chi connectivity index (χ3n) is 6.12. The standard InChI is InChI=1S/C24H28N4O4S/c1-15-11-12-21(16(2)13-15)28-22(25-20-10-8-7-9-19(20)23(28)29)18(4)27(6)33(30,31)24(5)14-17(3)32-26-24/h7-14,18,26H,1-6H3. The van der Waals surface area contributed by atoms with Crippen LogP contribution in [0.15, 0.2) is 59.1 Å². The fourth-order valence-electron chi connectivity index (χ4n) is 4.14.